The summed E-state index contributed by atoms with van der Waals surface area (Å²) < 4.78 is -1.00. The highest BCUT2D eigenvalue weighted by atomic mass is 35.5. The van der Waals surface area contributed by atoms with Crippen LogP contribution < -0.4 is 0 Å². The highest BCUT2D eigenvalue weighted by Crippen LogP contribution is 2.64. The molecule has 1 saturated carbocycles. The monoisotopic (exact) mass is 282 g/mol. The summed E-state index contributed by atoms with van der Waals surface area (Å²) in [6.45, 7) is 0. The first-order valence-electron chi connectivity index (χ1n) is 4.26. The van der Waals surface area contributed by atoms with Gasteiger partial charge in [0.2, 0.25) is 0 Å². The van der Waals surface area contributed by atoms with Gasteiger partial charge < -0.3 is 4.79 Å². The van der Waals surface area contributed by atoms with E-state index in [1.54, 1.807) is 18.2 Å². The standard InChI is InChI=1S/C10H6Cl4O/c11-7-2-1-5(3-8(7)12)9-6(4-15)10(9,13)14/h1-4,6,9H. The van der Waals surface area contributed by atoms with Crippen molar-refractivity contribution in [2.45, 2.75) is 10.3 Å². The van der Waals surface area contributed by atoms with Crippen molar-refractivity contribution in [3.63, 3.8) is 0 Å². The van der Waals surface area contributed by atoms with Crippen molar-refractivity contribution in [1.82, 2.24) is 0 Å². The van der Waals surface area contributed by atoms with Crippen LogP contribution in [0.15, 0.2) is 18.2 Å². The molecular weight excluding hydrogens is 278 g/mol. The lowest BCUT2D eigenvalue weighted by Gasteiger charge is -2.02. The van der Waals surface area contributed by atoms with E-state index in [2.05, 4.69) is 0 Å². The van der Waals surface area contributed by atoms with Crippen LogP contribution in [0.3, 0.4) is 0 Å². The van der Waals surface area contributed by atoms with Crippen molar-refractivity contribution in [2.24, 2.45) is 5.92 Å². The van der Waals surface area contributed by atoms with Crippen LogP contribution in [0.25, 0.3) is 0 Å². The Morgan fingerprint density at radius 3 is 2.33 bits per heavy atom. The zero-order valence-electron chi connectivity index (χ0n) is 7.38. The molecule has 0 N–H and O–H groups in total. The molecule has 1 aromatic rings. The molecule has 15 heavy (non-hydrogen) atoms. The van der Waals surface area contributed by atoms with E-state index in [-0.39, 0.29) is 11.8 Å². The number of carbonyl (C=O) groups excluding carboxylic acids is 1. The topological polar surface area (TPSA) is 17.1 Å². The number of carbonyl (C=O) groups is 1. The minimum absolute atomic E-state index is 0.187. The number of aldehydes is 1. The predicted octanol–water partition coefficient (Wildman–Crippen LogP) is 4.08. The average Bonchev–Trinajstić information content (AvgIpc) is 2.73. The van der Waals surface area contributed by atoms with Gasteiger partial charge >= 0.3 is 0 Å². The van der Waals surface area contributed by atoms with Crippen molar-refractivity contribution in [3.8, 4) is 0 Å². The summed E-state index contributed by atoms with van der Waals surface area (Å²) in [7, 11) is 0. The van der Waals surface area contributed by atoms with Crippen LogP contribution in [0.2, 0.25) is 10.0 Å². The van der Waals surface area contributed by atoms with Gasteiger partial charge in [-0.2, -0.15) is 0 Å². The first-order chi connectivity index (χ1) is 6.98. The van der Waals surface area contributed by atoms with Crippen molar-refractivity contribution < 1.29 is 4.79 Å². The van der Waals surface area contributed by atoms with Gasteiger partial charge in [-0.15, -0.1) is 23.2 Å². The largest absolute Gasteiger partial charge is 0.303 e. The number of alkyl halides is 2. The van der Waals surface area contributed by atoms with Crippen LogP contribution in [-0.2, 0) is 4.79 Å². The van der Waals surface area contributed by atoms with Gasteiger partial charge in [0, 0.05) is 5.92 Å². The molecule has 1 aliphatic rings. The molecule has 2 atom stereocenters. The Hall–Kier alpha value is 0.0500. The molecule has 0 spiro atoms. The summed E-state index contributed by atoms with van der Waals surface area (Å²) in [4.78, 5) is 10.7. The number of rotatable bonds is 2. The zero-order valence-corrected chi connectivity index (χ0v) is 10.4. The van der Waals surface area contributed by atoms with Crippen molar-refractivity contribution in [3.05, 3.63) is 33.8 Å². The fourth-order valence-electron chi connectivity index (χ4n) is 1.66. The van der Waals surface area contributed by atoms with E-state index in [1.807, 2.05) is 0 Å². The molecule has 80 valence electrons. The molecule has 1 nitrogen and oxygen atoms in total. The first-order valence-corrected chi connectivity index (χ1v) is 5.77. The minimum Gasteiger partial charge on any atom is -0.303 e. The van der Waals surface area contributed by atoms with Crippen LogP contribution in [0.4, 0.5) is 0 Å². The number of hydrogen-bond acceptors (Lipinski definition) is 1. The van der Waals surface area contributed by atoms with Gasteiger partial charge in [-0.3, -0.25) is 0 Å². The first kappa shape index (κ1) is 11.5. The van der Waals surface area contributed by atoms with Gasteiger partial charge in [0.05, 0.1) is 16.0 Å². The van der Waals surface area contributed by atoms with Crippen LogP contribution >= 0.6 is 46.4 Å². The van der Waals surface area contributed by atoms with E-state index in [9.17, 15) is 4.79 Å². The molecule has 0 heterocycles. The maximum Gasteiger partial charge on any atom is 0.136 e. The Morgan fingerprint density at radius 2 is 1.87 bits per heavy atom. The number of halogens is 4. The van der Waals surface area contributed by atoms with Crippen LogP contribution in [0, 0.1) is 5.92 Å². The molecule has 0 amide bonds. The van der Waals surface area contributed by atoms with Gasteiger partial charge in [0.15, 0.2) is 0 Å². The molecule has 1 fully saturated rings. The zero-order chi connectivity index (χ0) is 11.2. The normalized spacial score (nSPS) is 27.5. The third-order valence-corrected chi connectivity index (χ3v) is 4.27. The Kier molecular flexibility index (Phi) is 2.93. The SMILES string of the molecule is O=CC1C(c2ccc(Cl)c(Cl)c2)C1(Cl)Cl. The average molecular weight is 284 g/mol. The van der Waals surface area contributed by atoms with E-state index in [4.69, 9.17) is 46.4 Å². The molecular formula is C10H6Cl4O. The molecule has 0 bridgehead atoms. The second kappa shape index (κ2) is 3.81. The van der Waals surface area contributed by atoms with E-state index < -0.39 is 4.33 Å². The third kappa shape index (κ3) is 1.87. The van der Waals surface area contributed by atoms with Gasteiger partial charge in [0.25, 0.3) is 0 Å². The number of hydrogen-bond donors (Lipinski definition) is 0. The Labute approximate surface area is 107 Å². The number of benzene rings is 1. The van der Waals surface area contributed by atoms with Crippen LogP contribution in [0.1, 0.15) is 11.5 Å². The van der Waals surface area contributed by atoms with Crippen LogP contribution in [0.5, 0.6) is 0 Å². The molecule has 2 rings (SSSR count). The van der Waals surface area contributed by atoms with E-state index >= 15 is 0 Å². The van der Waals surface area contributed by atoms with Gasteiger partial charge in [0.1, 0.15) is 10.6 Å². The van der Waals surface area contributed by atoms with E-state index in [0.717, 1.165) is 11.8 Å². The molecule has 0 radical (unpaired) electrons. The maximum absolute atomic E-state index is 10.7. The summed E-state index contributed by atoms with van der Waals surface area (Å²) >= 11 is 23.6. The smallest absolute Gasteiger partial charge is 0.136 e. The fraction of sp³-hybridized carbons (Fsp3) is 0.300. The summed E-state index contributed by atoms with van der Waals surface area (Å²) in [5, 5.41) is 0.910. The molecule has 1 aliphatic carbocycles. The molecule has 1 aromatic carbocycles. The highest BCUT2D eigenvalue weighted by molar-refractivity contribution is 6.53. The lowest BCUT2D eigenvalue weighted by molar-refractivity contribution is -0.108. The Bertz CT molecular complexity index is 416. The Morgan fingerprint density at radius 1 is 1.20 bits per heavy atom. The minimum atomic E-state index is -1.00. The fourth-order valence-corrected chi connectivity index (χ4v) is 2.71. The van der Waals surface area contributed by atoms with E-state index in [1.165, 1.54) is 0 Å². The molecule has 2 unspecified atom stereocenters. The van der Waals surface area contributed by atoms with Crippen molar-refractivity contribution >= 4 is 52.7 Å². The van der Waals surface area contributed by atoms with Crippen molar-refractivity contribution in [2.75, 3.05) is 0 Å². The van der Waals surface area contributed by atoms with Gasteiger partial charge in [-0.25, -0.2) is 0 Å². The van der Waals surface area contributed by atoms with E-state index in [0.29, 0.717) is 10.0 Å². The predicted molar refractivity (Wildman–Crippen MR) is 63.2 cm³/mol. The second-order valence-corrected chi connectivity index (χ2v) is 5.75. The van der Waals surface area contributed by atoms with Gasteiger partial charge in [-0.1, -0.05) is 29.3 Å². The van der Waals surface area contributed by atoms with Crippen LogP contribution in [-0.4, -0.2) is 10.6 Å². The lowest BCUT2D eigenvalue weighted by atomic mass is 10.1. The summed E-state index contributed by atoms with van der Waals surface area (Å²) in [6, 6.07) is 5.14. The highest BCUT2D eigenvalue weighted by Gasteiger charge is 2.64. The summed E-state index contributed by atoms with van der Waals surface area (Å²) in [6.07, 6.45) is 0.771. The lowest BCUT2D eigenvalue weighted by Crippen LogP contribution is -1.90. The summed E-state index contributed by atoms with van der Waals surface area (Å²) in [5.74, 6) is -0.550. The molecule has 0 aliphatic heterocycles. The summed E-state index contributed by atoms with van der Waals surface area (Å²) in [5.41, 5.74) is 0.839. The quantitative estimate of drug-likeness (QED) is 0.590. The molecule has 5 heteroatoms. The Balaban J connectivity index is 2.33. The van der Waals surface area contributed by atoms with Crippen molar-refractivity contribution in [1.29, 1.82) is 0 Å². The second-order valence-electron chi connectivity index (χ2n) is 3.49. The molecule has 0 aromatic heterocycles. The van der Waals surface area contributed by atoms with Gasteiger partial charge in [-0.05, 0) is 17.7 Å². The third-order valence-electron chi connectivity index (χ3n) is 2.56. The molecule has 0 saturated heterocycles. The maximum atomic E-state index is 10.7.